The fraction of sp³-hybridized carbons (Fsp3) is 0. The van der Waals surface area contributed by atoms with Gasteiger partial charge in [0, 0.05) is 24.5 Å². The number of non-ortho nitro benzene ring substituents is 1. The van der Waals surface area contributed by atoms with Gasteiger partial charge in [-0.1, -0.05) is 24.3 Å². The summed E-state index contributed by atoms with van der Waals surface area (Å²) in [6, 6.07) is 18.1. The smallest absolute Gasteiger partial charge is 0.269 e. The van der Waals surface area contributed by atoms with Gasteiger partial charge in [-0.3, -0.25) is 14.7 Å². The third-order valence-electron chi connectivity index (χ3n) is 3.98. The van der Waals surface area contributed by atoms with Crippen LogP contribution in [0.2, 0.25) is 0 Å². The van der Waals surface area contributed by atoms with E-state index >= 15 is 0 Å². The van der Waals surface area contributed by atoms with E-state index in [4.69, 9.17) is 0 Å². The molecule has 126 valence electrons. The van der Waals surface area contributed by atoms with E-state index < -0.39 is 4.92 Å². The average molecular weight is 342 g/mol. The summed E-state index contributed by atoms with van der Waals surface area (Å²) in [4.78, 5) is 19.3. The Morgan fingerprint density at radius 1 is 0.923 bits per heavy atom. The summed E-state index contributed by atoms with van der Waals surface area (Å²) in [6.07, 6.45) is 7.68. The minimum Gasteiger partial charge on any atom is -0.293 e. The molecule has 0 bridgehead atoms. The van der Waals surface area contributed by atoms with Crippen molar-refractivity contribution in [2.45, 2.75) is 0 Å². The molecule has 0 saturated heterocycles. The summed E-state index contributed by atoms with van der Waals surface area (Å²) in [7, 11) is 0. The Morgan fingerprint density at radius 3 is 2.23 bits per heavy atom. The van der Waals surface area contributed by atoms with Crippen LogP contribution in [0.15, 0.2) is 73.1 Å². The van der Waals surface area contributed by atoms with Crippen molar-refractivity contribution in [3.63, 3.8) is 0 Å². The Morgan fingerprint density at radius 2 is 1.58 bits per heavy atom. The number of aromatic nitrogens is 3. The van der Waals surface area contributed by atoms with Gasteiger partial charge in [-0.15, -0.1) is 0 Å². The molecule has 0 radical (unpaired) electrons. The van der Waals surface area contributed by atoms with Gasteiger partial charge in [0.15, 0.2) is 0 Å². The molecule has 0 unspecified atom stereocenters. The lowest BCUT2D eigenvalue weighted by molar-refractivity contribution is -0.603. The normalized spacial score (nSPS) is 11.2. The van der Waals surface area contributed by atoms with Gasteiger partial charge in [-0.25, -0.2) is 9.97 Å². The highest BCUT2D eigenvalue weighted by Gasteiger charge is 2.04. The van der Waals surface area contributed by atoms with E-state index in [9.17, 15) is 10.1 Å². The molecule has 0 saturated carbocycles. The van der Waals surface area contributed by atoms with Crippen molar-refractivity contribution in [3.05, 3.63) is 94.3 Å². The third kappa shape index (κ3) is 3.21. The van der Waals surface area contributed by atoms with Gasteiger partial charge in [0.1, 0.15) is 0 Å². The van der Waals surface area contributed by atoms with E-state index in [0.717, 1.165) is 22.2 Å². The molecule has 2 aromatic heterocycles. The molecule has 6 nitrogen and oxygen atoms in total. The highest BCUT2D eigenvalue weighted by atomic mass is 16.6. The SMILES string of the molecule is O=[N+]([O-])c1ccc(/C=C/c2cc[n+](-c3nc4ccccc4[n-]3)cc2)cc1. The largest absolute Gasteiger partial charge is 0.293 e. The van der Waals surface area contributed by atoms with Crippen LogP contribution in [-0.2, 0) is 0 Å². The molecule has 6 heteroatoms. The van der Waals surface area contributed by atoms with Crippen LogP contribution >= 0.6 is 0 Å². The van der Waals surface area contributed by atoms with Crippen LogP contribution < -0.4 is 9.55 Å². The van der Waals surface area contributed by atoms with Gasteiger partial charge >= 0.3 is 0 Å². The lowest BCUT2D eigenvalue weighted by atomic mass is 10.1. The van der Waals surface area contributed by atoms with E-state index in [-0.39, 0.29) is 5.69 Å². The molecule has 0 aliphatic heterocycles. The van der Waals surface area contributed by atoms with Crippen molar-refractivity contribution >= 4 is 28.9 Å². The first kappa shape index (κ1) is 15.7. The second-order valence-electron chi connectivity index (χ2n) is 5.73. The zero-order valence-corrected chi connectivity index (χ0v) is 13.7. The van der Waals surface area contributed by atoms with E-state index in [2.05, 4.69) is 9.97 Å². The summed E-state index contributed by atoms with van der Waals surface area (Å²) in [5.41, 5.74) is 3.74. The van der Waals surface area contributed by atoms with Crippen LogP contribution in [0.1, 0.15) is 11.1 Å². The van der Waals surface area contributed by atoms with Crippen molar-refractivity contribution in [1.82, 2.24) is 9.97 Å². The maximum Gasteiger partial charge on any atom is 0.269 e. The highest BCUT2D eigenvalue weighted by Crippen LogP contribution is 2.14. The number of pyridine rings is 1. The minimum absolute atomic E-state index is 0.0880. The Labute approximate surface area is 149 Å². The Bertz CT molecular complexity index is 1060. The van der Waals surface area contributed by atoms with Crippen LogP contribution in [-0.4, -0.2) is 9.91 Å². The predicted octanol–water partition coefficient (Wildman–Crippen LogP) is 3.55. The number of nitro groups is 1. The summed E-state index contributed by atoms with van der Waals surface area (Å²) in [5.74, 6) is 0.636. The van der Waals surface area contributed by atoms with E-state index in [1.165, 1.54) is 12.1 Å². The molecule has 0 aliphatic rings. The molecule has 26 heavy (non-hydrogen) atoms. The fourth-order valence-electron chi connectivity index (χ4n) is 2.59. The maximum absolute atomic E-state index is 10.7. The third-order valence-corrected chi connectivity index (χ3v) is 3.98. The lowest BCUT2D eigenvalue weighted by Crippen LogP contribution is -2.31. The predicted molar refractivity (Wildman–Crippen MR) is 98.6 cm³/mol. The van der Waals surface area contributed by atoms with Crippen molar-refractivity contribution in [1.29, 1.82) is 0 Å². The van der Waals surface area contributed by atoms with Crippen LogP contribution in [0.4, 0.5) is 5.69 Å². The topological polar surface area (TPSA) is 74.0 Å². The van der Waals surface area contributed by atoms with Gasteiger partial charge < -0.3 is 0 Å². The molecular formula is C20H14N4O2. The first-order chi connectivity index (χ1) is 12.7. The monoisotopic (exact) mass is 342 g/mol. The molecule has 2 heterocycles. The van der Waals surface area contributed by atoms with Crippen LogP contribution in [0.5, 0.6) is 0 Å². The Balaban J connectivity index is 1.52. The van der Waals surface area contributed by atoms with Crippen LogP contribution in [0.3, 0.4) is 0 Å². The van der Waals surface area contributed by atoms with Gasteiger partial charge in [-0.05, 0) is 47.5 Å². The number of hydrogen-bond donors (Lipinski definition) is 0. The zero-order chi connectivity index (χ0) is 17.9. The van der Waals surface area contributed by atoms with E-state index in [1.807, 2.05) is 65.5 Å². The summed E-state index contributed by atoms with van der Waals surface area (Å²) >= 11 is 0. The number of para-hydroxylation sites is 2. The molecule has 4 aromatic rings. The fourth-order valence-corrected chi connectivity index (χ4v) is 2.59. The molecule has 0 atom stereocenters. The van der Waals surface area contributed by atoms with Crippen molar-refractivity contribution in [2.24, 2.45) is 0 Å². The molecular weight excluding hydrogens is 328 g/mol. The van der Waals surface area contributed by atoms with Crippen LogP contribution in [0, 0.1) is 10.1 Å². The molecule has 0 aliphatic carbocycles. The molecule has 0 amide bonds. The number of nitro benzene ring substituents is 1. The molecule has 0 fully saturated rings. The Hall–Kier alpha value is -3.80. The van der Waals surface area contributed by atoms with Crippen LogP contribution in [0.25, 0.3) is 29.1 Å². The first-order valence-corrected chi connectivity index (χ1v) is 8.03. The summed E-state index contributed by atoms with van der Waals surface area (Å²) in [5, 5.41) is 10.7. The van der Waals surface area contributed by atoms with Gasteiger partial charge in [-0.2, -0.15) is 0 Å². The Kier molecular flexibility index (Phi) is 3.99. The average Bonchev–Trinajstić information content (AvgIpc) is 3.11. The number of imidazole rings is 1. The number of benzene rings is 2. The number of nitrogens with zero attached hydrogens (tertiary/aromatic N) is 4. The van der Waals surface area contributed by atoms with Gasteiger partial charge in [0.25, 0.3) is 5.69 Å². The number of rotatable bonds is 4. The quantitative estimate of drug-likeness (QED) is 0.323. The van der Waals surface area contributed by atoms with Crippen molar-refractivity contribution < 1.29 is 9.49 Å². The standard InChI is InChI=1S/C20H14N4O2/c25-24(26)17-9-7-15(8-10-17)5-6-16-11-13-23(14-12-16)20-21-18-3-1-2-4-19(18)22-20/h1-14H/b6-5+. The second-order valence-corrected chi connectivity index (χ2v) is 5.73. The maximum atomic E-state index is 10.7. The molecule has 4 rings (SSSR count). The van der Waals surface area contributed by atoms with Crippen molar-refractivity contribution in [3.8, 4) is 5.95 Å². The van der Waals surface area contributed by atoms with E-state index in [1.54, 1.807) is 12.1 Å². The van der Waals surface area contributed by atoms with Gasteiger partial charge in [0.05, 0.1) is 16.0 Å². The summed E-state index contributed by atoms with van der Waals surface area (Å²) in [6.45, 7) is 0. The number of fused-ring (bicyclic) bond motifs is 1. The van der Waals surface area contributed by atoms with Gasteiger partial charge in [0.2, 0.25) is 5.95 Å². The van der Waals surface area contributed by atoms with E-state index in [0.29, 0.717) is 5.95 Å². The highest BCUT2D eigenvalue weighted by molar-refractivity contribution is 5.75. The molecule has 0 N–H and O–H groups in total. The molecule has 0 spiro atoms. The lowest BCUT2D eigenvalue weighted by Gasteiger charge is -2.01. The second kappa shape index (κ2) is 6.60. The number of hydrogen-bond acceptors (Lipinski definition) is 3. The zero-order valence-electron chi connectivity index (χ0n) is 13.7. The molecule has 2 aromatic carbocycles. The first-order valence-electron chi connectivity index (χ1n) is 8.03. The minimum atomic E-state index is -0.404. The summed E-state index contributed by atoms with van der Waals surface area (Å²) < 4.78 is 1.86. The van der Waals surface area contributed by atoms with Crippen molar-refractivity contribution in [2.75, 3.05) is 0 Å².